The zero-order valence-electron chi connectivity index (χ0n) is 10.6. The number of nitrogens with zero attached hydrogens (tertiary/aromatic N) is 2. The third-order valence-electron chi connectivity index (χ3n) is 4.10. The van der Waals surface area contributed by atoms with E-state index in [2.05, 4.69) is 29.1 Å². The molecule has 0 aromatic rings. The lowest BCUT2D eigenvalue weighted by atomic mass is 9.91. The Hall–Kier alpha value is -0.160. The summed E-state index contributed by atoms with van der Waals surface area (Å²) < 4.78 is 0. The molecule has 1 atom stereocenters. The number of piperidine rings is 1. The van der Waals surface area contributed by atoms with Crippen molar-refractivity contribution in [2.24, 2.45) is 0 Å². The molecule has 2 N–H and O–H groups in total. The Morgan fingerprint density at radius 3 is 2.62 bits per heavy atom. The Kier molecular flexibility index (Phi) is 3.85. The molecule has 0 aromatic heterocycles. The van der Waals surface area contributed by atoms with E-state index in [-0.39, 0.29) is 0 Å². The van der Waals surface area contributed by atoms with Crippen molar-refractivity contribution in [2.75, 3.05) is 46.3 Å². The van der Waals surface area contributed by atoms with Gasteiger partial charge in [-0.2, -0.15) is 0 Å². The number of piperazine rings is 1. The number of nitrogens with one attached hydrogen (secondary N) is 1. The molecule has 1 unspecified atom stereocenters. The van der Waals surface area contributed by atoms with Crippen LogP contribution in [0.5, 0.6) is 0 Å². The second-order valence-corrected chi connectivity index (χ2v) is 5.54. The van der Waals surface area contributed by atoms with Crippen molar-refractivity contribution >= 4 is 0 Å². The van der Waals surface area contributed by atoms with E-state index >= 15 is 0 Å². The van der Waals surface area contributed by atoms with Crippen molar-refractivity contribution in [3.8, 4) is 0 Å². The Morgan fingerprint density at radius 1 is 1.31 bits per heavy atom. The molecule has 0 amide bonds. The van der Waals surface area contributed by atoms with Crippen LogP contribution in [0.1, 0.15) is 19.8 Å². The summed E-state index contributed by atoms with van der Waals surface area (Å²) >= 11 is 0. The van der Waals surface area contributed by atoms with Crippen LogP contribution in [-0.4, -0.2) is 72.9 Å². The first-order valence-corrected chi connectivity index (χ1v) is 6.45. The highest BCUT2D eigenvalue weighted by Gasteiger charge is 2.33. The van der Waals surface area contributed by atoms with Gasteiger partial charge in [-0.05, 0) is 39.9 Å². The molecule has 0 aliphatic carbocycles. The minimum atomic E-state index is -0.444. The van der Waals surface area contributed by atoms with E-state index in [4.69, 9.17) is 0 Å². The lowest BCUT2D eigenvalue weighted by Gasteiger charge is -2.42. The van der Waals surface area contributed by atoms with Crippen molar-refractivity contribution in [3.05, 3.63) is 0 Å². The standard InChI is InChI=1S/C12H25N3O/c1-11-9-15(8-7-14(11)2)10-12(16)3-5-13-6-4-12/h11,13,16H,3-10H2,1-2H3. The Balaban J connectivity index is 1.84. The average Bonchev–Trinajstić information content (AvgIpc) is 2.24. The fourth-order valence-corrected chi connectivity index (χ4v) is 2.73. The maximum absolute atomic E-state index is 10.5. The van der Waals surface area contributed by atoms with Crippen LogP contribution in [0, 0.1) is 0 Å². The van der Waals surface area contributed by atoms with Gasteiger partial charge in [0.05, 0.1) is 5.60 Å². The summed E-state index contributed by atoms with van der Waals surface area (Å²) in [5, 5.41) is 13.8. The van der Waals surface area contributed by atoms with Gasteiger partial charge in [0.25, 0.3) is 0 Å². The molecule has 0 aromatic carbocycles. The number of aliphatic hydroxyl groups is 1. The van der Waals surface area contributed by atoms with E-state index in [0.29, 0.717) is 6.04 Å². The molecule has 2 aliphatic heterocycles. The first kappa shape index (κ1) is 12.3. The van der Waals surface area contributed by atoms with Gasteiger partial charge < -0.3 is 15.3 Å². The van der Waals surface area contributed by atoms with E-state index in [1.807, 2.05) is 0 Å². The molecule has 0 spiro atoms. The molecule has 2 saturated heterocycles. The van der Waals surface area contributed by atoms with Gasteiger partial charge in [-0.15, -0.1) is 0 Å². The molecule has 4 nitrogen and oxygen atoms in total. The molecule has 16 heavy (non-hydrogen) atoms. The van der Waals surface area contributed by atoms with Crippen LogP contribution in [0.3, 0.4) is 0 Å². The van der Waals surface area contributed by atoms with E-state index in [1.165, 1.54) is 0 Å². The van der Waals surface area contributed by atoms with Gasteiger partial charge >= 0.3 is 0 Å². The summed E-state index contributed by atoms with van der Waals surface area (Å²) in [4.78, 5) is 4.82. The van der Waals surface area contributed by atoms with Crippen LogP contribution in [0.4, 0.5) is 0 Å². The zero-order chi connectivity index (χ0) is 11.6. The van der Waals surface area contributed by atoms with Gasteiger partial charge in [-0.3, -0.25) is 4.90 Å². The predicted octanol–water partition coefficient (Wildman–Crippen LogP) is -0.263. The van der Waals surface area contributed by atoms with Gasteiger partial charge in [-0.1, -0.05) is 0 Å². The highest BCUT2D eigenvalue weighted by atomic mass is 16.3. The molecule has 2 fully saturated rings. The van der Waals surface area contributed by atoms with E-state index in [1.54, 1.807) is 0 Å². The van der Waals surface area contributed by atoms with Crippen molar-refractivity contribution in [1.82, 2.24) is 15.1 Å². The molecule has 94 valence electrons. The van der Waals surface area contributed by atoms with Crippen molar-refractivity contribution in [3.63, 3.8) is 0 Å². The SMILES string of the molecule is CC1CN(CC2(O)CCNCC2)CCN1C. The maximum atomic E-state index is 10.5. The molecular weight excluding hydrogens is 202 g/mol. The average molecular weight is 227 g/mol. The topological polar surface area (TPSA) is 38.7 Å². The Labute approximate surface area is 98.6 Å². The number of rotatable bonds is 2. The Bertz CT molecular complexity index is 228. The fourth-order valence-electron chi connectivity index (χ4n) is 2.73. The van der Waals surface area contributed by atoms with E-state index in [0.717, 1.165) is 52.1 Å². The van der Waals surface area contributed by atoms with Gasteiger partial charge in [0.2, 0.25) is 0 Å². The van der Waals surface area contributed by atoms with Crippen LogP contribution >= 0.6 is 0 Å². The first-order valence-electron chi connectivity index (χ1n) is 6.45. The monoisotopic (exact) mass is 227 g/mol. The van der Waals surface area contributed by atoms with Crippen molar-refractivity contribution in [2.45, 2.75) is 31.4 Å². The molecule has 2 rings (SSSR count). The van der Waals surface area contributed by atoms with Gasteiger partial charge in [0.1, 0.15) is 0 Å². The zero-order valence-corrected chi connectivity index (χ0v) is 10.6. The molecule has 4 heteroatoms. The fraction of sp³-hybridized carbons (Fsp3) is 1.00. The molecule has 2 aliphatic rings. The Morgan fingerprint density at radius 2 is 2.00 bits per heavy atom. The summed E-state index contributed by atoms with van der Waals surface area (Å²) in [7, 11) is 2.18. The molecule has 0 bridgehead atoms. The predicted molar refractivity (Wildman–Crippen MR) is 65.6 cm³/mol. The van der Waals surface area contributed by atoms with Crippen molar-refractivity contribution in [1.29, 1.82) is 0 Å². The molecule has 2 heterocycles. The summed E-state index contributed by atoms with van der Waals surface area (Å²) in [6.07, 6.45) is 1.79. The normalized spacial score (nSPS) is 32.8. The van der Waals surface area contributed by atoms with E-state index < -0.39 is 5.60 Å². The van der Waals surface area contributed by atoms with Crippen LogP contribution < -0.4 is 5.32 Å². The molecule has 0 saturated carbocycles. The number of likely N-dealkylation sites (N-methyl/N-ethyl adjacent to an activating group) is 1. The number of hydrogen-bond donors (Lipinski definition) is 2. The van der Waals surface area contributed by atoms with Crippen LogP contribution in [0.25, 0.3) is 0 Å². The van der Waals surface area contributed by atoms with E-state index in [9.17, 15) is 5.11 Å². The van der Waals surface area contributed by atoms with Gasteiger partial charge in [-0.25, -0.2) is 0 Å². The van der Waals surface area contributed by atoms with Crippen molar-refractivity contribution < 1.29 is 5.11 Å². The minimum absolute atomic E-state index is 0.444. The summed E-state index contributed by atoms with van der Waals surface area (Å²) in [5.74, 6) is 0. The molecular formula is C12H25N3O. The van der Waals surface area contributed by atoms with Crippen LogP contribution in [0.15, 0.2) is 0 Å². The highest BCUT2D eigenvalue weighted by Crippen LogP contribution is 2.20. The van der Waals surface area contributed by atoms with Crippen LogP contribution in [-0.2, 0) is 0 Å². The second kappa shape index (κ2) is 5.00. The summed E-state index contributed by atoms with van der Waals surface area (Å²) in [6, 6.07) is 0.610. The minimum Gasteiger partial charge on any atom is -0.388 e. The summed E-state index contributed by atoms with van der Waals surface area (Å²) in [6.45, 7) is 8.34. The highest BCUT2D eigenvalue weighted by molar-refractivity contribution is 4.89. The maximum Gasteiger partial charge on any atom is 0.0798 e. The molecule has 0 radical (unpaired) electrons. The second-order valence-electron chi connectivity index (χ2n) is 5.54. The summed E-state index contributed by atoms with van der Waals surface area (Å²) in [5.41, 5.74) is -0.444. The lowest BCUT2D eigenvalue weighted by Crippen LogP contribution is -2.56. The van der Waals surface area contributed by atoms with Gasteiger partial charge in [0.15, 0.2) is 0 Å². The first-order chi connectivity index (χ1) is 7.59. The lowest BCUT2D eigenvalue weighted by molar-refractivity contribution is -0.0353. The number of hydrogen-bond acceptors (Lipinski definition) is 4. The van der Waals surface area contributed by atoms with Gasteiger partial charge in [0, 0.05) is 32.2 Å². The quantitative estimate of drug-likeness (QED) is 0.681. The third-order valence-corrected chi connectivity index (χ3v) is 4.10. The number of β-amino-alcohol motifs (C(OH)–C–C–N with tert-alkyl or cyclic N) is 1. The third kappa shape index (κ3) is 2.94. The largest absolute Gasteiger partial charge is 0.388 e. The smallest absolute Gasteiger partial charge is 0.0798 e. The van der Waals surface area contributed by atoms with Crippen LogP contribution in [0.2, 0.25) is 0 Å².